The lowest BCUT2D eigenvalue weighted by Crippen LogP contribution is -2.26. The van der Waals surface area contributed by atoms with Crippen LogP contribution in [0.5, 0.6) is 0 Å². The summed E-state index contributed by atoms with van der Waals surface area (Å²) in [5, 5.41) is 0. The van der Waals surface area contributed by atoms with Crippen molar-refractivity contribution in [3.63, 3.8) is 0 Å². The fourth-order valence-electron chi connectivity index (χ4n) is 1.45. The quantitative estimate of drug-likeness (QED) is 0.594. The molecule has 120 valence electrons. The molecule has 0 heterocycles. The maximum absolute atomic E-state index is 12.8. The molecule has 0 fully saturated rings. The first kappa shape index (κ1) is 17.9. The number of carbonyl (C=O) groups is 2. The van der Waals surface area contributed by atoms with E-state index in [-0.39, 0.29) is 5.56 Å². The fourth-order valence-corrected chi connectivity index (χ4v) is 1.45. The van der Waals surface area contributed by atoms with Gasteiger partial charge in [0, 0.05) is 6.08 Å². The summed E-state index contributed by atoms with van der Waals surface area (Å²) >= 11 is 0. The van der Waals surface area contributed by atoms with Crippen molar-refractivity contribution in [3.8, 4) is 0 Å². The third kappa shape index (κ3) is 6.08. The van der Waals surface area contributed by atoms with Crippen molar-refractivity contribution in [1.82, 2.24) is 0 Å². The van der Waals surface area contributed by atoms with Gasteiger partial charge in [-0.05, 0) is 57.5 Å². The minimum atomic E-state index is -0.602. The number of ether oxygens (including phenoxy) is 2. The average molecular weight is 308 g/mol. The maximum atomic E-state index is 12.8. The number of rotatable bonds is 6. The van der Waals surface area contributed by atoms with Crippen molar-refractivity contribution in [1.29, 1.82) is 0 Å². The van der Waals surface area contributed by atoms with Gasteiger partial charge in [0.2, 0.25) is 0 Å². The fraction of sp³-hybridized carbons (Fsp3) is 0.412. The zero-order valence-corrected chi connectivity index (χ0v) is 13.3. The Balaban J connectivity index is 2.53. The van der Waals surface area contributed by atoms with Crippen molar-refractivity contribution in [2.75, 3.05) is 0 Å². The summed E-state index contributed by atoms with van der Waals surface area (Å²) in [6.07, 6.45) is 2.77. The van der Waals surface area contributed by atoms with E-state index in [1.54, 1.807) is 6.92 Å². The van der Waals surface area contributed by atoms with Gasteiger partial charge in [-0.3, -0.25) is 0 Å². The second-order valence-electron chi connectivity index (χ2n) is 5.51. The summed E-state index contributed by atoms with van der Waals surface area (Å²) in [7, 11) is 0. The molecular weight excluding hydrogens is 287 g/mol. The van der Waals surface area contributed by atoms with Crippen LogP contribution >= 0.6 is 0 Å². The van der Waals surface area contributed by atoms with E-state index in [4.69, 9.17) is 9.47 Å². The summed E-state index contributed by atoms with van der Waals surface area (Å²) < 4.78 is 23.1. The van der Waals surface area contributed by atoms with Crippen LogP contribution in [-0.2, 0) is 14.3 Å². The van der Waals surface area contributed by atoms with Crippen LogP contribution in [0.2, 0.25) is 0 Å². The van der Waals surface area contributed by atoms with Crippen molar-refractivity contribution < 1.29 is 23.5 Å². The lowest BCUT2D eigenvalue weighted by atomic mass is 10.1. The molecule has 1 aromatic rings. The van der Waals surface area contributed by atoms with Crippen LogP contribution in [0.4, 0.5) is 4.39 Å². The Morgan fingerprint density at radius 2 is 1.86 bits per heavy atom. The molecule has 0 aliphatic carbocycles. The van der Waals surface area contributed by atoms with E-state index in [1.165, 1.54) is 36.4 Å². The lowest BCUT2D eigenvalue weighted by Gasteiger charge is -2.22. The maximum Gasteiger partial charge on any atom is 0.338 e. The molecule has 0 spiro atoms. The molecule has 4 nitrogen and oxygen atoms in total. The molecule has 0 bridgehead atoms. The molecule has 1 rings (SSSR count). The highest BCUT2D eigenvalue weighted by molar-refractivity contribution is 5.89. The number of hydrogen-bond donors (Lipinski definition) is 0. The van der Waals surface area contributed by atoms with Crippen LogP contribution < -0.4 is 0 Å². The zero-order chi connectivity index (χ0) is 16.8. The normalized spacial score (nSPS) is 13.0. The van der Waals surface area contributed by atoms with E-state index >= 15 is 0 Å². The predicted octanol–water partition coefficient (Wildman–Crippen LogP) is 3.66. The van der Waals surface area contributed by atoms with Gasteiger partial charge in [0.05, 0.1) is 5.56 Å². The monoisotopic (exact) mass is 308 g/mol. The Bertz CT molecular complexity index is 546. The number of halogens is 1. The summed E-state index contributed by atoms with van der Waals surface area (Å²) in [6.45, 7) is 7.17. The molecule has 1 atom stereocenters. The molecule has 0 aromatic heterocycles. The first-order valence-electron chi connectivity index (χ1n) is 7.11. The van der Waals surface area contributed by atoms with E-state index in [0.29, 0.717) is 6.42 Å². The molecule has 0 aliphatic heterocycles. The first-order valence-corrected chi connectivity index (χ1v) is 7.11. The third-order valence-electron chi connectivity index (χ3n) is 3.10. The van der Waals surface area contributed by atoms with Gasteiger partial charge >= 0.3 is 11.9 Å². The topological polar surface area (TPSA) is 52.6 Å². The van der Waals surface area contributed by atoms with Crippen LogP contribution in [0.25, 0.3) is 0 Å². The Hall–Kier alpha value is -2.17. The number of benzene rings is 1. The van der Waals surface area contributed by atoms with Crippen molar-refractivity contribution in [2.24, 2.45) is 0 Å². The predicted molar refractivity (Wildman–Crippen MR) is 80.9 cm³/mol. The zero-order valence-electron chi connectivity index (χ0n) is 13.3. The number of hydrogen-bond acceptors (Lipinski definition) is 4. The summed E-state index contributed by atoms with van der Waals surface area (Å²) in [4.78, 5) is 23.4. The first-order chi connectivity index (χ1) is 10.2. The van der Waals surface area contributed by atoms with Crippen LogP contribution in [-0.4, -0.2) is 23.6 Å². The molecule has 0 N–H and O–H groups in total. The van der Waals surface area contributed by atoms with Crippen LogP contribution in [0.3, 0.4) is 0 Å². The van der Waals surface area contributed by atoms with Gasteiger partial charge < -0.3 is 9.47 Å². The summed E-state index contributed by atoms with van der Waals surface area (Å²) in [5.74, 6) is -1.50. The molecule has 1 unspecified atom stereocenters. The van der Waals surface area contributed by atoms with E-state index in [9.17, 15) is 14.0 Å². The Kier molecular flexibility index (Phi) is 6.28. The van der Waals surface area contributed by atoms with E-state index in [2.05, 4.69) is 0 Å². The molecule has 0 radical (unpaired) electrons. The smallest absolute Gasteiger partial charge is 0.338 e. The Morgan fingerprint density at radius 1 is 1.27 bits per heavy atom. The van der Waals surface area contributed by atoms with Gasteiger partial charge in [0.1, 0.15) is 17.5 Å². The van der Waals surface area contributed by atoms with Gasteiger partial charge in [0.25, 0.3) is 0 Å². The molecule has 22 heavy (non-hydrogen) atoms. The van der Waals surface area contributed by atoms with Crippen molar-refractivity contribution in [2.45, 2.75) is 45.8 Å². The van der Waals surface area contributed by atoms with Gasteiger partial charge in [-0.25, -0.2) is 14.0 Å². The van der Waals surface area contributed by atoms with Crippen molar-refractivity contribution in [3.05, 3.63) is 47.8 Å². The largest absolute Gasteiger partial charge is 0.457 e. The molecule has 0 aliphatic rings. The highest BCUT2D eigenvalue weighted by Gasteiger charge is 2.19. The van der Waals surface area contributed by atoms with Gasteiger partial charge in [-0.1, -0.05) is 6.92 Å². The number of carbonyl (C=O) groups excluding carboxylic acids is 2. The van der Waals surface area contributed by atoms with Crippen LogP contribution in [0.15, 0.2) is 36.4 Å². The SMILES string of the molecule is CCC(C)(C)OC(=O)/C=C\C(C)OC(=O)c1ccc(F)cc1. The molecule has 0 saturated carbocycles. The van der Waals surface area contributed by atoms with Crippen LogP contribution in [0.1, 0.15) is 44.5 Å². The highest BCUT2D eigenvalue weighted by Crippen LogP contribution is 2.14. The second kappa shape index (κ2) is 7.73. The molecule has 5 heteroatoms. The van der Waals surface area contributed by atoms with E-state index < -0.39 is 29.5 Å². The molecule has 0 amide bonds. The Labute approximate surface area is 129 Å². The third-order valence-corrected chi connectivity index (χ3v) is 3.10. The second-order valence-corrected chi connectivity index (χ2v) is 5.51. The Morgan fingerprint density at radius 3 is 2.41 bits per heavy atom. The molecule has 0 saturated heterocycles. The van der Waals surface area contributed by atoms with E-state index in [0.717, 1.165) is 0 Å². The van der Waals surface area contributed by atoms with Crippen molar-refractivity contribution >= 4 is 11.9 Å². The standard InChI is InChI=1S/C17H21FO4/c1-5-17(3,4)22-15(19)11-6-12(2)21-16(20)13-7-9-14(18)10-8-13/h6-12H,5H2,1-4H3/b11-6-. The minimum absolute atomic E-state index is 0.247. The average Bonchev–Trinajstić information content (AvgIpc) is 2.45. The van der Waals surface area contributed by atoms with E-state index in [1.807, 2.05) is 20.8 Å². The lowest BCUT2D eigenvalue weighted by molar-refractivity contribution is -0.150. The summed E-state index contributed by atoms with van der Waals surface area (Å²) in [6, 6.07) is 5.04. The molecule has 1 aromatic carbocycles. The molecular formula is C17H21FO4. The number of esters is 2. The van der Waals surface area contributed by atoms with Gasteiger partial charge in [0.15, 0.2) is 0 Å². The van der Waals surface area contributed by atoms with Crippen LogP contribution in [0, 0.1) is 5.82 Å². The summed E-state index contributed by atoms with van der Waals surface area (Å²) in [5.41, 5.74) is -0.286. The minimum Gasteiger partial charge on any atom is -0.457 e. The highest BCUT2D eigenvalue weighted by atomic mass is 19.1. The van der Waals surface area contributed by atoms with Gasteiger partial charge in [-0.2, -0.15) is 0 Å². The van der Waals surface area contributed by atoms with Gasteiger partial charge in [-0.15, -0.1) is 0 Å².